The number of rotatable bonds is 9. The van der Waals surface area contributed by atoms with Crippen molar-refractivity contribution in [2.45, 2.75) is 80.6 Å². The lowest BCUT2D eigenvalue weighted by Gasteiger charge is -2.70. The van der Waals surface area contributed by atoms with Crippen LogP contribution in [0.15, 0.2) is 30.3 Å². The van der Waals surface area contributed by atoms with Crippen LogP contribution in [0.5, 0.6) is 0 Å². The first-order chi connectivity index (χ1) is 22.0. The van der Waals surface area contributed by atoms with Crippen molar-refractivity contribution < 1.29 is 53.3 Å². The third kappa shape index (κ3) is 3.62. The molecular weight excluding hydrogens is 598 g/mol. The zero-order valence-corrected chi connectivity index (χ0v) is 27.3. The minimum absolute atomic E-state index is 0.0791. The molecule has 0 amide bonds. The van der Waals surface area contributed by atoms with Crippen LogP contribution in [0.4, 0.5) is 0 Å². The molecule has 7 bridgehead atoms. The molecule has 15 atom stereocenters. The summed E-state index contributed by atoms with van der Waals surface area (Å²) in [5.74, 6) is -3.65. The summed E-state index contributed by atoms with van der Waals surface area (Å²) in [5, 5.41) is 37.3. The normalized spacial score (nSPS) is 49.9. The largest absolute Gasteiger partial charge is 0.455 e. The van der Waals surface area contributed by atoms with Crippen molar-refractivity contribution in [3.8, 4) is 0 Å². The van der Waals surface area contributed by atoms with Crippen molar-refractivity contribution >= 4 is 11.9 Å². The van der Waals surface area contributed by atoms with Crippen molar-refractivity contribution in [2.24, 2.45) is 34.5 Å². The highest BCUT2D eigenvalue weighted by Gasteiger charge is 2.92. The number of hydrogen-bond donors (Lipinski definition) is 3. The van der Waals surface area contributed by atoms with Gasteiger partial charge in [-0.3, -0.25) is 9.69 Å². The monoisotopic (exact) mass is 645 g/mol. The Bertz CT molecular complexity index is 1360. The van der Waals surface area contributed by atoms with E-state index in [0.717, 1.165) is 0 Å². The second-order valence-corrected chi connectivity index (χ2v) is 14.4. The second kappa shape index (κ2) is 10.9. The number of likely N-dealkylation sites (tertiary alicyclic amines) is 1. The highest BCUT2D eigenvalue weighted by molar-refractivity contribution is 5.89. The van der Waals surface area contributed by atoms with Gasteiger partial charge in [0.05, 0.1) is 30.5 Å². The van der Waals surface area contributed by atoms with Crippen LogP contribution in [0.2, 0.25) is 0 Å². The van der Waals surface area contributed by atoms with E-state index in [-0.39, 0.29) is 25.0 Å². The van der Waals surface area contributed by atoms with E-state index in [4.69, 9.17) is 28.4 Å². The van der Waals surface area contributed by atoms with Crippen LogP contribution in [-0.4, -0.2) is 134 Å². The minimum Gasteiger partial charge on any atom is -0.455 e. The lowest BCUT2D eigenvalue weighted by Crippen LogP contribution is -2.81. The molecule has 0 aromatic heterocycles. The van der Waals surface area contributed by atoms with Gasteiger partial charge in [-0.2, -0.15) is 0 Å². The standard InChI is InChI=1S/C34H47NO11/c1-7-35-15-31(16-41-3)20(37)13-21(42-4)33-19-14-32(40)28(45-30(39)18-11-9-8-10-12-18)22(19)34(46-17(2)36,27(38)29(32)44-6)23(26(33)35)24(43-5)25(31)33/h8-12,19-29,37-38,40H,7,13-16H2,1-6H3/t19-,20-,21+,22+,23-,24-,25+,26-,27+,28-,29-,31-,32+,33?,34-/m0/s1. The highest BCUT2D eigenvalue weighted by atomic mass is 16.6. The summed E-state index contributed by atoms with van der Waals surface area (Å²) in [7, 11) is 6.27. The van der Waals surface area contributed by atoms with Gasteiger partial charge in [-0.15, -0.1) is 0 Å². The number of methoxy groups -OCH3 is 4. The molecule has 1 aromatic rings. The van der Waals surface area contributed by atoms with E-state index in [2.05, 4.69) is 4.90 Å². The second-order valence-electron chi connectivity index (χ2n) is 14.4. The molecule has 12 nitrogen and oxygen atoms in total. The van der Waals surface area contributed by atoms with Crippen LogP contribution in [0.1, 0.15) is 37.0 Å². The highest BCUT2D eigenvalue weighted by Crippen LogP contribution is 2.80. The summed E-state index contributed by atoms with van der Waals surface area (Å²) in [6.45, 7) is 4.68. The number of benzene rings is 1. The molecule has 3 N–H and O–H groups in total. The Kier molecular flexibility index (Phi) is 7.69. The van der Waals surface area contributed by atoms with E-state index in [1.807, 2.05) is 6.92 Å². The number of ether oxygens (including phenoxy) is 6. The van der Waals surface area contributed by atoms with Gasteiger partial charge in [0.25, 0.3) is 0 Å². The molecule has 1 saturated heterocycles. The minimum atomic E-state index is -1.83. The fourth-order valence-corrected chi connectivity index (χ4v) is 12.3. The van der Waals surface area contributed by atoms with Gasteiger partial charge in [-0.05, 0) is 31.0 Å². The molecule has 6 fully saturated rings. The summed E-state index contributed by atoms with van der Waals surface area (Å²) in [6, 6.07) is 8.18. The van der Waals surface area contributed by atoms with E-state index in [9.17, 15) is 24.9 Å². The molecule has 1 aromatic carbocycles. The molecule has 5 aliphatic carbocycles. The number of hydrogen-bond acceptors (Lipinski definition) is 12. The molecular formula is C34H47NO11. The van der Waals surface area contributed by atoms with Crippen LogP contribution in [-0.2, 0) is 33.2 Å². The summed E-state index contributed by atoms with van der Waals surface area (Å²) in [6.07, 6.45) is -5.49. The fourth-order valence-electron chi connectivity index (χ4n) is 12.3. The summed E-state index contributed by atoms with van der Waals surface area (Å²) < 4.78 is 37.4. The molecule has 1 unspecified atom stereocenters. The lowest BCUT2D eigenvalue weighted by molar-refractivity contribution is -0.322. The quantitative estimate of drug-likeness (QED) is 0.323. The maximum Gasteiger partial charge on any atom is 0.338 e. The van der Waals surface area contributed by atoms with E-state index in [0.29, 0.717) is 25.1 Å². The molecule has 7 rings (SSSR count). The summed E-state index contributed by atoms with van der Waals surface area (Å²) in [4.78, 5) is 29.3. The first-order valence-electron chi connectivity index (χ1n) is 16.3. The molecule has 254 valence electrons. The predicted molar refractivity (Wildman–Crippen MR) is 160 cm³/mol. The van der Waals surface area contributed by atoms with Crippen molar-refractivity contribution in [3.63, 3.8) is 0 Å². The number of esters is 2. The lowest BCUT2D eigenvalue weighted by atomic mass is 9.42. The Labute approximate surface area is 269 Å². The van der Waals surface area contributed by atoms with Crippen LogP contribution >= 0.6 is 0 Å². The van der Waals surface area contributed by atoms with Crippen molar-refractivity contribution in [1.29, 1.82) is 0 Å². The Morgan fingerprint density at radius 1 is 1.00 bits per heavy atom. The summed E-state index contributed by atoms with van der Waals surface area (Å²) >= 11 is 0. The molecule has 12 heteroatoms. The van der Waals surface area contributed by atoms with Crippen LogP contribution in [0.25, 0.3) is 0 Å². The van der Waals surface area contributed by atoms with Gasteiger partial charge in [0.2, 0.25) is 0 Å². The number of aliphatic hydroxyl groups excluding tert-OH is 2. The van der Waals surface area contributed by atoms with Gasteiger partial charge in [0.15, 0.2) is 5.60 Å². The molecule has 1 heterocycles. The molecule has 5 saturated carbocycles. The van der Waals surface area contributed by atoms with E-state index >= 15 is 0 Å². The van der Waals surface area contributed by atoms with E-state index < -0.39 is 88.3 Å². The Hall–Kier alpha value is -2.16. The fraction of sp³-hybridized carbons (Fsp3) is 0.765. The Balaban J connectivity index is 1.53. The van der Waals surface area contributed by atoms with Crippen LogP contribution < -0.4 is 0 Å². The average molecular weight is 646 g/mol. The number of piperidine rings is 1. The van der Waals surface area contributed by atoms with Gasteiger partial charge < -0.3 is 43.7 Å². The van der Waals surface area contributed by atoms with Crippen molar-refractivity contribution in [2.75, 3.05) is 48.1 Å². The zero-order valence-electron chi connectivity index (χ0n) is 27.3. The predicted octanol–water partition coefficient (Wildman–Crippen LogP) is 0.648. The van der Waals surface area contributed by atoms with Gasteiger partial charge in [0, 0.05) is 83.0 Å². The topological polar surface area (TPSA) is 153 Å². The molecule has 0 radical (unpaired) electrons. The molecule has 1 aliphatic heterocycles. The maximum atomic E-state index is 13.8. The zero-order chi connectivity index (χ0) is 33.0. The number of nitrogens with zero attached hydrogens (tertiary/aromatic N) is 1. The molecule has 46 heavy (non-hydrogen) atoms. The third-order valence-corrected chi connectivity index (χ3v) is 13.2. The first kappa shape index (κ1) is 32.4. The number of carbonyl (C=O) groups is 2. The Morgan fingerprint density at radius 3 is 2.30 bits per heavy atom. The average Bonchev–Trinajstić information content (AvgIpc) is 3.41. The van der Waals surface area contributed by atoms with Crippen molar-refractivity contribution in [1.82, 2.24) is 4.90 Å². The van der Waals surface area contributed by atoms with Gasteiger partial charge in [0.1, 0.15) is 23.9 Å². The smallest absolute Gasteiger partial charge is 0.338 e. The third-order valence-electron chi connectivity index (χ3n) is 13.2. The van der Waals surface area contributed by atoms with Crippen molar-refractivity contribution in [3.05, 3.63) is 35.9 Å². The van der Waals surface area contributed by atoms with Gasteiger partial charge in [-0.25, -0.2) is 4.79 Å². The van der Waals surface area contributed by atoms with Crippen LogP contribution in [0, 0.1) is 34.5 Å². The SMILES string of the molecule is CCN1C[C@]2(COC)[C@@H](O)C[C@@H](OC)C34[C@@H]1[C@H]([C@H](OC)[C@@H]32)[C@@]1(OC(C)=O)[C@@H]2[C@@H]4C[C@@](O)([C@H]2OC(=O)c2ccccc2)[C@@H](OC)[C@H]1O. The number of aliphatic hydroxyl groups is 3. The Morgan fingerprint density at radius 2 is 1.72 bits per heavy atom. The molecule has 6 aliphatic rings. The molecule has 1 spiro atoms. The van der Waals surface area contributed by atoms with E-state index in [1.54, 1.807) is 51.7 Å². The van der Waals surface area contributed by atoms with Gasteiger partial charge >= 0.3 is 11.9 Å². The number of carbonyl (C=O) groups excluding carboxylic acids is 2. The number of fused-ring (bicyclic) bond motifs is 2. The van der Waals surface area contributed by atoms with Crippen LogP contribution in [0.3, 0.4) is 0 Å². The first-order valence-corrected chi connectivity index (χ1v) is 16.3. The van der Waals surface area contributed by atoms with E-state index in [1.165, 1.54) is 14.0 Å². The summed E-state index contributed by atoms with van der Waals surface area (Å²) in [5.41, 5.74) is -4.79. The van der Waals surface area contributed by atoms with Gasteiger partial charge in [-0.1, -0.05) is 25.1 Å². The maximum absolute atomic E-state index is 13.8.